The van der Waals surface area contributed by atoms with E-state index in [-0.39, 0.29) is 0 Å². The van der Waals surface area contributed by atoms with Gasteiger partial charge in [0, 0.05) is 24.2 Å². The molecule has 0 amide bonds. The molecule has 0 aliphatic carbocycles. The van der Waals surface area contributed by atoms with Crippen molar-refractivity contribution in [1.29, 1.82) is 5.26 Å². The van der Waals surface area contributed by atoms with Crippen molar-refractivity contribution >= 4 is 8.45 Å². The van der Waals surface area contributed by atoms with Crippen molar-refractivity contribution in [3.8, 4) is 6.07 Å². The van der Waals surface area contributed by atoms with Crippen LogP contribution < -0.4 is 0 Å². The maximum absolute atomic E-state index is 8.74. The highest BCUT2D eigenvalue weighted by atomic mass is 31.2. The summed E-state index contributed by atoms with van der Waals surface area (Å²) in [5.41, 5.74) is 0. The second-order valence-electron chi connectivity index (χ2n) is 6.13. The lowest BCUT2D eigenvalue weighted by atomic mass is 10.3. The Bertz CT molecular complexity index is 278. The van der Waals surface area contributed by atoms with Crippen LogP contribution in [0.15, 0.2) is 13.2 Å². The molecule has 22 heavy (non-hydrogen) atoms. The van der Waals surface area contributed by atoms with E-state index in [0.29, 0.717) is 37.2 Å². The highest BCUT2D eigenvalue weighted by molar-refractivity contribution is 7.47. The average Bonchev–Trinajstić information content (AvgIpc) is 2.39. The quantitative estimate of drug-likeness (QED) is 0.332. The molecule has 0 radical (unpaired) electrons. The smallest absolute Gasteiger partial charge is 0.188 e. The highest BCUT2D eigenvalue weighted by Gasteiger charge is 2.34. The van der Waals surface area contributed by atoms with Gasteiger partial charge in [0.25, 0.3) is 0 Å². The van der Waals surface area contributed by atoms with Gasteiger partial charge in [-0.25, -0.2) is 9.34 Å². The number of nitrogens with zero attached hydrogens (tertiary/aromatic N) is 3. The lowest BCUT2D eigenvalue weighted by molar-refractivity contribution is 0.189. The molecule has 0 aliphatic heterocycles. The van der Waals surface area contributed by atoms with E-state index in [1.165, 1.54) is 0 Å². The zero-order chi connectivity index (χ0) is 17.9. The van der Waals surface area contributed by atoms with E-state index in [1.807, 2.05) is 0 Å². The highest BCUT2D eigenvalue weighted by Crippen LogP contribution is 2.50. The lowest BCUT2D eigenvalue weighted by Crippen LogP contribution is -2.43. The molecule has 0 unspecified atom stereocenters. The van der Waals surface area contributed by atoms with Crippen molar-refractivity contribution in [2.75, 3.05) is 6.61 Å². The minimum atomic E-state index is -0.841. The number of rotatable bonds is 9. The molecule has 0 atom stereocenters. The van der Waals surface area contributed by atoms with Crippen LogP contribution in [0.3, 0.4) is 0 Å². The Kier molecular flexibility index (Phi) is 14.1. The summed E-state index contributed by atoms with van der Waals surface area (Å²) in [7, 11) is -0.841. The molecule has 0 rings (SSSR count). The monoisotopic (exact) mass is 329 g/mol. The first kappa shape index (κ1) is 23.8. The van der Waals surface area contributed by atoms with Crippen molar-refractivity contribution in [1.82, 2.24) is 9.34 Å². The molecule has 0 fully saturated rings. The summed E-state index contributed by atoms with van der Waals surface area (Å²) in [6.45, 7) is 24.2. The SMILES string of the molecule is C=C.CC(C)N(C(C)C)P(OCCC#N)N(C(C)C)C(C)C. The zero-order valence-corrected chi connectivity index (χ0v) is 16.7. The van der Waals surface area contributed by atoms with Gasteiger partial charge in [-0.2, -0.15) is 5.26 Å². The van der Waals surface area contributed by atoms with Crippen LogP contribution in [0.5, 0.6) is 0 Å². The van der Waals surface area contributed by atoms with Gasteiger partial charge >= 0.3 is 0 Å². The summed E-state index contributed by atoms with van der Waals surface area (Å²) in [6, 6.07) is 3.84. The second-order valence-corrected chi connectivity index (χ2v) is 7.82. The van der Waals surface area contributed by atoms with Crippen molar-refractivity contribution in [3.05, 3.63) is 13.2 Å². The first-order chi connectivity index (χ1) is 10.2. The fourth-order valence-electron chi connectivity index (χ4n) is 2.41. The first-order valence-electron chi connectivity index (χ1n) is 8.10. The molecular formula is C17H36N3OP. The standard InChI is InChI=1S/C15H32N3OP.C2H4/c1-12(2)17(13(3)4)20(19-11-9-10-16)18(14(5)6)15(7)8;1-2/h12-15H,9,11H2,1-8H3;1-2H2. The summed E-state index contributed by atoms with van der Waals surface area (Å²) >= 11 is 0. The predicted octanol–water partition coefficient (Wildman–Crippen LogP) is 5.18. The van der Waals surface area contributed by atoms with Crippen molar-refractivity contribution in [3.63, 3.8) is 0 Å². The number of nitriles is 1. The Labute approximate surface area is 140 Å². The van der Waals surface area contributed by atoms with Crippen molar-refractivity contribution in [2.24, 2.45) is 0 Å². The van der Waals surface area contributed by atoms with Gasteiger partial charge in [0.15, 0.2) is 8.45 Å². The van der Waals surface area contributed by atoms with Crippen LogP contribution in [0.25, 0.3) is 0 Å². The molecular weight excluding hydrogens is 293 g/mol. The van der Waals surface area contributed by atoms with E-state index in [1.54, 1.807) is 0 Å². The first-order valence-corrected chi connectivity index (χ1v) is 9.27. The van der Waals surface area contributed by atoms with E-state index in [0.717, 1.165) is 0 Å². The van der Waals surface area contributed by atoms with Crippen LogP contribution in [0.2, 0.25) is 0 Å². The minimum Gasteiger partial charge on any atom is -0.330 e. The molecule has 0 saturated carbocycles. The molecule has 0 aromatic heterocycles. The molecule has 0 saturated heterocycles. The van der Waals surface area contributed by atoms with E-state index in [4.69, 9.17) is 9.79 Å². The van der Waals surface area contributed by atoms with Gasteiger partial charge in [-0.1, -0.05) is 0 Å². The van der Waals surface area contributed by atoms with E-state index in [9.17, 15) is 0 Å². The third-order valence-electron chi connectivity index (χ3n) is 2.93. The van der Waals surface area contributed by atoms with Gasteiger partial charge in [0.05, 0.1) is 19.1 Å². The zero-order valence-electron chi connectivity index (χ0n) is 15.8. The van der Waals surface area contributed by atoms with Gasteiger partial charge in [0.1, 0.15) is 0 Å². The largest absolute Gasteiger partial charge is 0.330 e. The van der Waals surface area contributed by atoms with Gasteiger partial charge in [-0.3, -0.25) is 0 Å². The summed E-state index contributed by atoms with van der Waals surface area (Å²) in [6.07, 6.45) is 0.451. The minimum absolute atomic E-state index is 0.420. The third kappa shape index (κ3) is 8.25. The molecule has 0 N–H and O–H groups in total. The fourth-order valence-corrected chi connectivity index (χ4v) is 4.75. The maximum atomic E-state index is 8.74. The maximum Gasteiger partial charge on any atom is 0.188 e. The predicted molar refractivity (Wildman–Crippen MR) is 98.6 cm³/mol. The summed E-state index contributed by atoms with van der Waals surface area (Å²) in [4.78, 5) is 0. The number of hydrogen-bond donors (Lipinski definition) is 0. The van der Waals surface area contributed by atoms with Crippen LogP contribution in [0.4, 0.5) is 0 Å². The van der Waals surface area contributed by atoms with Gasteiger partial charge in [-0.15, -0.1) is 13.2 Å². The average molecular weight is 329 g/mol. The summed E-state index contributed by atoms with van der Waals surface area (Å²) < 4.78 is 11.0. The normalized spacial score (nSPS) is 11.7. The lowest BCUT2D eigenvalue weighted by Gasteiger charge is -2.45. The Balaban J connectivity index is 0. The summed E-state index contributed by atoms with van der Waals surface area (Å²) in [5.74, 6) is 0. The molecule has 5 heteroatoms. The Morgan fingerprint density at radius 2 is 1.18 bits per heavy atom. The van der Waals surface area contributed by atoms with Gasteiger partial charge in [0.2, 0.25) is 0 Å². The second kappa shape index (κ2) is 13.0. The van der Waals surface area contributed by atoms with Crippen LogP contribution >= 0.6 is 8.45 Å². The molecule has 0 aliphatic rings. The van der Waals surface area contributed by atoms with Crippen molar-refractivity contribution in [2.45, 2.75) is 86.0 Å². The Morgan fingerprint density at radius 3 is 1.41 bits per heavy atom. The molecule has 4 nitrogen and oxygen atoms in total. The Hall–Kier alpha value is -0.460. The van der Waals surface area contributed by atoms with Crippen LogP contribution in [-0.2, 0) is 4.52 Å². The summed E-state index contributed by atoms with van der Waals surface area (Å²) in [5, 5.41) is 8.74. The molecule has 0 heterocycles. The van der Waals surface area contributed by atoms with Gasteiger partial charge in [-0.05, 0) is 55.4 Å². The third-order valence-corrected chi connectivity index (χ3v) is 5.98. The fraction of sp³-hybridized carbons (Fsp3) is 0.824. The van der Waals surface area contributed by atoms with E-state index in [2.05, 4.69) is 84.0 Å². The molecule has 0 aromatic carbocycles. The van der Waals surface area contributed by atoms with Crippen molar-refractivity contribution < 1.29 is 4.52 Å². The molecule has 0 bridgehead atoms. The molecule has 0 spiro atoms. The van der Waals surface area contributed by atoms with Crippen LogP contribution in [0, 0.1) is 11.3 Å². The van der Waals surface area contributed by atoms with Crippen LogP contribution in [0.1, 0.15) is 61.8 Å². The van der Waals surface area contributed by atoms with Crippen LogP contribution in [-0.4, -0.2) is 40.1 Å². The molecule has 0 aromatic rings. The Morgan fingerprint density at radius 1 is 0.864 bits per heavy atom. The number of hydrogen-bond acceptors (Lipinski definition) is 4. The van der Waals surface area contributed by atoms with E-state index >= 15 is 0 Å². The molecule has 130 valence electrons. The van der Waals surface area contributed by atoms with E-state index < -0.39 is 8.45 Å². The topological polar surface area (TPSA) is 39.5 Å². The van der Waals surface area contributed by atoms with Gasteiger partial charge < -0.3 is 4.52 Å².